The Morgan fingerprint density at radius 2 is 1.97 bits per heavy atom. The summed E-state index contributed by atoms with van der Waals surface area (Å²) in [5, 5.41) is 0.488. The lowest BCUT2D eigenvalue weighted by Crippen LogP contribution is -2.51. The Bertz CT molecular complexity index is 1170. The van der Waals surface area contributed by atoms with Gasteiger partial charge in [-0.2, -0.15) is 0 Å². The van der Waals surface area contributed by atoms with E-state index in [9.17, 15) is 9.59 Å². The van der Waals surface area contributed by atoms with E-state index in [-0.39, 0.29) is 17.9 Å². The van der Waals surface area contributed by atoms with Crippen LogP contribution in [0.3, 0.4) is 0 Å². The summed E-state index contributed by atoms with van der Waals surface area (Å²) < 4.78 is 6.85. The molecule has 8 nitrogen and oxygen atoms in total. The summed E-state index contributed by atoms with van der Waals surface area (Å²) in [7, 11) is 1.56. The van der Waals surface area contributed by atoms with Gasteiger partial charge in [0.2, 0.25) is 5.91 Å². The molecule has 0 aliphatic carbocycles. The minimum Gasteiger partial charge on any atom is -0.495 e. The van der Waals surface area contributed by atoms with Gasteiger partial charge < -0.3 is 19.1 Å². The van der Waals surface area contributed by atoms with Gasteiger partial charge in [-0.3, -0.25) is 14.6 Å². The standard InChI is InChI=1S/C22H24ClN5O3/c1-3-28-18-14-24-7-6-17(18)25-21(22(28)30)27-10-8-26(9-11-27)20(29)13-15-4-5-19(31-2)16(23)12-15/h4-7,12,14H,3,8-11,13H2,1-2H3. The summed E-state index contributed by atoms with van der Waals surface area (Å²) >= 11 is 6.17. The van der Waals surface area contributed by atoms with Crippen LogP contribution >= 0.6 is 11.6 Å². The molecule has 1 aliphatic heterocycles. The van der Waals surface area contributed by atoms with E-state index >= 15 is 0 Å². The van der Waals surface area contributed by atoms with Gasteiger partial charge in [0.1, 0.15) is 5.75 Å². The van der Waals surface area contributed by atoms with Gasteiger partial charge in [-0.15, -0.1) is 0 Å². The zero-order valence-electron chi connectivity index (χ0n) is 17.5. The van der Waals surface area contributed by atoms with Crippen molar-refractivity contribution in [2.75, 3.05) is 38.2 Å². The molecule has 0 spiro atoms. The zero-order valence-corrected chi connectivity index (χ0v) is 18.3. The van der Waals surface area contributed by atoms with Crippen molar-refractivity contribution < 1.29 is 9.53 Å². The molecule has 0 unspecified atom stereocenters. The normalized spacial score (nSPS) is 14.2. The third-order valence-corrected chi connectivity index (χ3v) is 5.85. The molecule has 1 aliphatic rings. The number of carbonyl (C=O) groups is 1. The van der Waals surface area contributed by atoms with Crippen LogP contribution in [0.15, 0.2) is 41.5 Å². The second kappa shape index (κ2) is 8.93. The Morgan fingerprint density at radius 1 is 1.19 bits per heavy atom. The number of amides is 1. The number of hydrogen-bond donors (Lipinski definition) is 0. The minimum absolute atomic E-state index is 0.0318. The zero-order chi connectivity index (χ0) is 22.0. The monoisotopic (exact) mass is 441 g/mol. The molecule has 1 fully saturated rings. The van der Waals surface area contributed by atoms with Gasteiger partial charge >= 0.3 is 0 Å². The van der Waals surface area contributed by atoms with Crippen LogP contribution < -0.4 is 15.2 Å². The van der Waals surface area contributed by atoms with Crippen LogP contribution in [0.5, 0.6) is 5.75 Å². The molecule has 2 aromatic heterocycles. The first-order valence-electron chi connectivity index (χ1n) is 10.2. The lowest BCUT2D eigenvalue weighted by Gasteiger charge is -2.35. The van der Waals surface area contributed by atoms with Crippen LogP contribution in [-0.2, 0) is 17.8 Å². The van der Waals surface area contributed by atoms with E-state index in [1.165, 1.54) is 0 Å². The van der Waals surface area contributed by atoms with E-state index in [0.29, 0.717) is 49.3 Å². The summed E-state index contributed by atoms with van der Waals surface area (Å²) in [6.45, 7) is 4.64. The van der Waals surface area contributed by atoms with Crippen molar-refractivity contribution in [2.24, 2.45) is 0 Å². The summed E-state index contributed by atoms with van der Waals surface area (Å²) in [5.41, 5.74) is 2.18. The Kier molecular flexibility index (Phi) is 6.08. The number of hydrogen-bond acceptors (Lipinski definition) is 6. The minimum atomic E-state index is -0.129. The predicted molar refractivity (Wildman–Crippen MR) is 120 cm³/mol. The Morgan fingerprint density at radius 3 is 2.65 bits per heavy atom. The molecule has 31 heavy (non-hydrogen) atoms. The first kappa shape index (κ1) is 21.1. The number of rotatable bonds is 5. The molecule has 1 saturated heterocycles. The molecule has 0 atom stereocenters. The van der Waals surface area contributed by atoms with E-state index in [1.807, 2.05) is 28.9 Å². The van der Waals surface area contributed by atoms with E-state index in [0.717, 1.165) is 16.6 Å². The van der Waals surface area contributed by atoms with Crippen LogP contribution in [-0.4, -0.2) is 58.6 Å². The van der Waals surface area contributed by atoms with E-state index in [1.54, 1.807) is 36.2 Å². The molecule has 3 heterocycles. The summed E-state index contributed by atoms with van der Waals surface area (Å²) in [5.74, 6) is 1.04. The van der Waals surface area contributed by atoms with E-state index < -0.39 is 0 Å². The maximum absolute atomic E-state index is 13.0. The highest BCUT2D eigenvalue weighted by atomic mass is 35.5. The first-order chi connectivity index (χ1) is 15.0. The number of halogens is 1. The molecule has 162 valence electrons. The van der Waals surface area contributed by atoms with Crippen LogP contribution in [0, 0.1) is 0 Å². The largest absolute Gasteiger partial charge is 0.495 e. The van der Waals surface area contributed by atoms with Gasteiger partial charge in [-0.1, -0.05) is 17.7 Å². The van der Waals surface area contributed by atoms with E-state index in [4.69, 9.17) is 16.3 Å². The topological polar surface area (TPSA) is 80.6 Å². The Labute approximate surface area is 185 Å². The highest BCUT2D eigenvalue weighted by molar-refractivity contribution is 6.32. The van der Waals surface area contributed by atoms with Crippen LogP contribution in [0.25, 0.3) is 11.0 Å². The molecule has 1 amide bonds. The smallest absolute Gasteiger partial charge is 0.294 e. The molecule has 0 radical (unpaired) electrons. The van der Waals surface area contributed by atoms with Gasteiger partial charge in [0.25, 0.3) is 5.56 Å². The second-order valence-electron chi connectivity index (χ2n) is 7.36. The summed E-state index contributed by atoms with van der Waals surface area (Å²) in [4.78, 5) is 38.2. The number of benzene rings is 1. The number of methoxy groups -OCH3 is 1. The van der Waals surface area contributed by atoms with Crippen LogP contribution in [0.4, 0.5) is 5.82 Å². The molecular formula is C22H24ClN5O3. The molecular weight excluding hydrogens is 418 g/mol. The lowest BCUT2D eigenvalue weighted by atomic mass is 10.1. The fourth-order valence-electron chi connectivity index (χ4n) is 3.87. The van der Waals surface area contributed by atoms with Crippen molar-refractivity contribution >= 4 is 34.4 Å². The number of ether oxygens (including phenoxy) is 1. The number of fused-ring (bicyclic) bond motifs is 1. The fraction of sp³-hybridized carbons (Fsp3) is 0.364. The van der Waals surface area contributed by atoms with Crippen molar-refractivity contribution in [3.8, 4) is 5.75 Å². The number of aromatic nitrogens is 3. The summed E-state index contributed by atoms with van der Waals surface area (Å²) in [6, 6.07) is 7.18. The highest BCUT2D eigenvalue weighted by Gasteiger charge is 2.25. The average molecular weight is 442 g/mol. The molecule has 4 rings (SSSR count). The quantitative estimate of drug-likeness (QED) is 0.604. The average Bonchev–Trinajstić information content (AvgIpc) is 2.79. The number of pyridine rings is 1. The Balaban J connectivity index is 1.46. The number of nitrogens with zero attached hydrogens (tertiary/aromatic N) is 5. The molecule has 1 aromatic carbocycles. The maximum Gasteiger partial charge on any atom is 0.294 e. The number of anilines is 1. The van der Waals surface area contributed by atoms with Crippen LogP contribution in [0.2, 0.25) is 5.02 Å². The fourth-order valence-corrected chi connectivity index (χ4v) is 4.15. The lowest BCUT2D eigenvalue weighted by molar-refractivity contribution is -0.130. The van der Waals surface area contributed by atoms with Crippen molar-refractivity contribution in [2.45, 2.75) is 19.9 Å². The van der Waals surface area contributed by atoms with Crippen molar-refractivity contribution in [3.05, 3.63) is 57.6 Å². The van der Waals surface area contributed by atoms with Gasteiger partial charge in [0, 0.05) is 38.9 Å². The van der Waals surface area contributed by atoms with Gasteiger partial charge in [-0.05, 0) is 30.7 Å². The molecule has 9 heteroatoms. The Hall–Kier alpha value is -3.13. The second-order valence-corrected chi connectivity index (χ2v) is 7.77. The molecule has 0 N–H and O–H groups in total. The van der Waals surface area contributed by atoms with Gasteiger partial charge in [0.05, 0.1) is 35.8 Å². The number of aryl methyl sites for hydroxylation is 1. The molecule has 0 saturated carbocycles. The van der Waals surface area contributed by atoms with Gasteiger partial charge in [0.15, 0.2) is 5.82 Å². The van der Waals surface area contributed by atoms with Crippen molar-refractivity contribution in [1.82, 2.24) is 19.4 Å². The van der Waals surface area contributed by atoms with E-state index in [2.05, 4.69) is 9.97 Å². The van der Waals surface area contributed by atoms with Crippen LogP contribution in [0.1, 0.15) is 12.5 Å². The first-order valence-corrected chi connectivity index (χ1v) is 10.6. The van der Waals surface area contributed by atoms with Gasteiger partial charge in [-0.25, -0.2) is 4.98 Å². The number of carbonyl (C=O) groups excluding carboxylic acids is 1. The maximum atomic E-state index is 13.0. The summed E-state index contributed by atoms with van der Waals surface area (Å²) in [6.07, 6.45) is 3.61. The SMILES string of the molecule is CCn1c(=O)c(N2CCN(C(=O)Cc3ccc(OC)c(Cl)c3)CC2)nc2ccncc21. The molecule has 3 aromatic rings. The third-order valence-electron chi connectivity index (χ3n) is 5.55. The predicted octanol–water partition coefficient (Wildman–Crippen LogP) is 2.36. The highest BCUT2D eigenvalue weighted by Crippen LogP contribution is 2.25. The van der Waals surface area contributed by atoms with Crippen molar-refractivity contribution in [3.63, 3.8) is 0 Å². The third kappa shape index (κ3) is 4.20. The number of piperazine rings is 1. The van der Waals surface area contributed by atoms with Crippen molar-refractivity contribution in [1.29, 1.82) is 0 Å². The molecule has 0 bridgehead atoms.